The van der Waals surface area contributed by atoms with Crippen LogP contribution in [0.1, 0.15) is 12.8 Å². The van der Waals surface area contributed by atoms with E-state index in [4.69, 9.17) is 10.8 Å². The smallest absolute Gasteiger partial charge is 0.309 e. The number of amides is 2. The molecule has 2 aliphatic rings. The topological polar surface area (TPSA) is 104 Å². The van der Waals surface area contributed by atoms with Gasteiger partial charge in [0.2, 0.25) is 11.8 Å². The van der Waals surface area contributed by atoms with Crippen molar-refractivity contribution < 1.29 is 19.5 Å². The normalized spacial score (nSPS) is 24.8. The lowest BCUT2D eigenvalue weighted by Crippen LogP contribution is -2.55. The molecule has 0 saturated carbocycles. The molecule has 0 bridgehead atoms. The molecule has 0 radical (unpaired) electrons. The van der Waals surface area contributed by atoms with Crippen LogP contribution in [0, 0.1) is 11.8 Å². The van der Waals surface area contributed by atoms with Crippen molar-refractivity contribution in [3.63, 3.8) is 0 Å². The molecule has 2 heterocycles. The number of carbonyl (C=O) groups excluding carboxylic acids is 2. The maximum absolute atomic E-state index is 12.0. The van der Waals surface area contributed by atoms with Crippen LogP contribution in [0.4, 0.5) is 0 Å². The van der Waals surface area contributed by atoms with Gasteiger partial charge in [-0.15, -0.1) is 0 Å². The Kier molecular flexibility index (Phi) is 4.04. The first-order valence-electron chi connectivity index (χ1n) is 6.49. The van der Waals surface area contributed by atoms with Crippen molar-refractivity contribution in [1.29, 1.82) is 0 Å². The summed E-state index contributed by atoms with van der Waals surface area (Å²) in [4.78, 5) is 37.3. The van der Waals surface area contributed by atoms with Gasteiger partial charge >= 0.3 is 5.97 Å². The van der Waals surface area contributed by atoms with Crippen LogP contribution >= 0.6 is 0 Å². The second kappa shape index (κ2) is 5.56. The summed E-state index contributed by atoms with van der Waals surface area (Å²) in [6.45, 7) is 2.13. The summed E-state index contributed by atoms with van der Waals surface area (Å²) in [6, 6.07) is 0. The molecule has 0 aliphatic carbocycles. The molecule has 3 N–H and O–H groups in total. The number of carbonyl (C=O) groups is 3. The highest BCUT2D eigenvalue weighted by molar-refractivity contribution is 5.81. The lowest BCUT2D eigenvalue weighted by molar-refractivity contribution is -0.150. The van der Waals surface area contributed by atoms with Crippen LogP contribution in [0.15, 0.2) is 0 Å². The second-order valence-electron chi connectivity index (χ2n) is 5.31. The molecule has 0 aromatic rings. The fraction of sp³-hybridized carbons (Fsp3) is 0.750. The first-order chi connectivity index (χ1) is 8.97. The first kappa shape index (κ1) is 13.8. The van der Waals surface area contributed by atoms with Crippen LogP contribution in [0.2, 0.25) is 0 Å². The lowest BCUT2D eigenvalue weighted by atomic mass is 9.97. The zero-order valence-corrected chi connectivity index (χ0v) is 10.7. The zero-order valence-electron chi connectivity index (χ0n) is 10.7. The molecule has 0 aromatic carbocycles. The third-order valence-electron chi connectivity index (χ3n) is 3.84. The van der Waals surface area contributed by atoms with E-state index in [1.165, 1.54) is 0 Å². The van der Waals surface area contributed by atoms with Gasteiger partial charge in [-0.3, -0.25) is 19.3 Å². The number of rotatable bonds is 4. The monoisotopic (exact) mass is 269 g/mol. The summed E-state index contributed by atoms with van der Waals surface area (Å²) in [7, 11) is 0. The third-order valence-corrected chi connectivity index (χ3v) is 3.84. The van der Waals surface area contributed by atoms with E-state index < -0.39 is 5.97 Å². The minimum Gasteiger partial charge on any atom is -0.481 e. The van der Waals surface area contributed by atoms with Gasteiger partial charge in [-0.25, -0.2) is 0 Å². The molecule has 7 heteroatoms. The Balaban J connectivity index is 1.77. The van der Waals surface area contributed by atoms with Crippen molar-refractivity contribution in [2.24, 2.45) is 17.6 Å². The van der Waals surface area contributed by atoms with Gasteiger partial charge in [-0.05, 0) is 12.8 Å². The molecule has 7 nitrogen and oxygen atoms in total. The van der Waals surface area contributed by atoms with Crippen LogP contribution in [0.5, 0.6) is 0 Å². The van der Waals surface area contributed by atoms with E-state index in [0.29, 0.717) is 26.2 Å². The summed E-state index contributed by atoms with van der Waals surface area (Å²) in [5, 5.41) is 8.76. The van der Waals surface area contributed by atoms with E-state index in [1.807, 2.05) is 4.90 Å². The van der Waals surface area contributed by atoms with Crippen LogP contribution in [-0.2, 0) is 14.4 Å². The number of primary amides is 1. The minimum absolute atomic E-state index is 0.0465. The van der Waals surface area contributed by atoms with Crippen LogP contribution in [-0.4, -0.2) is 65.4 Å². The highest BCUT2D eigenvalue weighted by Gasteiger charge is 2.35. The molecule has 19 heavy (non-hydrogen) atoms. The van der Waals surface area contributed by atoms with Crippen molar-refractivity contribution in [1.82, 2.24) is 9.80 Å². The Labute approximate surface area is 111 Å². The molecule has 2 saturated heterocycles. The standard InChI is InChI=1S/C12H19N3O4/c13-11(17)8-2-1-3-15(6-8)10(16)7-14-4-9(5-14)12(18)19/h8-9H,1-7H2,(H2,13,17)(H,18,19). The zero-order chi connectivity index (χ0) is 14.0. The quantitative estimate of drug-likeness (QED) is 0.662. The van der Waals surface area contributed by atoms with E-state index >= 15 is 0 Å². The number of aliphatic carboxylic acids is 1. The number of carboxylic acids is 1. The highest BCUT2D eigenvalue weighted by Crippen LogP contribution is 2.19. The molecule has 2 fully saturated rings. The van der Waals surface area contributed by atoms with Gasteiger partial charge in [0.05, 0.1) is 18.4 Å². The SMILES string of the molecule is NC(=O)C1CCCN(C(=O)CN2CC(C(=O)O)C2)C1. The average Bonchev–Trinajstić information content (AvgIpc) is 2.32. The Bertz CT molecular complexity index is 392. The van der Waals surface area contributed by atoms with E-state index in [2.05, 4.69) is 0 Å². The van der Waals surface area contributed by atoms with Crippen LogP contribution in [0.25, 0.3) is 0 Å². The predicted octanol–water partition coefficient (Wildman–Crippen LogP) is -1.27. The van der Waals surface area contributed by atoms with Gasteiger partial charge in [0, 0.05) is 26.2 Å². The van der Waals surface area contributed by atoms with Gasteiger partial charge < -0.3 is 15.7 Å². The summed E-state index contributed by atoms with van der Waals surface area (Å²) in [5.74, 6) is -1.81. The van der Waals surface area contributed by atoms with Gasteiger partial charge in [0.1, 0.15) is 0 Å². The molecular formula is C12H19N3O4. The number of carboxylic acid groups (broad SMARTS) is 1. The van der Waals surface area contributed by atoms with Gasteiger partial charge in [-0.2, -0.15) is 0 Å². The molecule has 1 unspecified atom stereocenters. The minimum atomic E-state index is -0.810. The maximum Gasteiger partial charge on any atom is 0.309 e. The molecular weight excluding hydrogens is 250 g/mol. The Morgan fingerprint density at radius 1 is 1.16 bits per heavy atom. The number of hydrogen-bond donors (Lipinski definition) is 2. The lowest BCUT2D eigenvalue weighted by Gasteiger charge is -2.38. The fourth-order valence-corrected chi connectivity index (χ4v) is 2.58. The Morgan fingerprint density at radius 3 is 2.42 bits per heavy atom. The maximum atomic E-state index is 12.0. The van der Waals surface area contributed by atoms with Gasteiger partial charge in [0.15, 0.2) is 0 Å². The Morgan fingerprint density at radius 2 is 1.84 bits per heavy atom. The summed E-state index contributed by atoms with van der Waals surface area (Å²) >= 11 is 0. The third kappa shape index (κ3) is 3.23. The van der Waals surface area contributed by atoms with Crippen LogP contribution < -0.4 is 5.73 Å². The summed E-state index contributed by atoms with van der Waals surface area (Å²) in [5.41, 5.74) is 5.27. The van der Waals surface area contributed by atoms with E-state index in [-0.39, 0.29) is 30.2 Å². The van der Waals surface area contributed by atoms with E-state index in [9.17, 15) is 14.4 Å². The average molecular weight is 269 g/mol. The number of hydrogen-bond acceptors (Lipinski definition) is 4. The number of nitrogens with zero attached hydrogens (tertiary/aromatic N) is 2. The first-order valence-corrected chi connectivity index (χ1v) is 6.49. The van der Waals surface area contributed by atoms with Crippen molar-refractivity contribution in [2.45, 2.75) is 12.8 Å². The van der Waals surface area contributed by atoms with E-state index in [0.717, 1.165) is 12.8 Å². The molecule has 106 valence electrons. The van der Waals surface area contributed by atoms with Crippen molar-refractivity contribution in [2.75, 3.05) is 32.7 Å². The number of nitrogens with two attached hydrogens (primary N) is 1. The van der Waals surface area contributed by atoms with E-state index in [1.54, 1.807) is 4.90 Å². The summed E-state index contributed by atoms with van der Waals surface area (Å²) < 4.78 is 0. The van der Waals surface area contributed by atoms with Gasteiger partial charge in [-0.1, -0.05) is 0 Å². The predicted molar refractivity (Wildman–Crippen MR) is 66.1 cm³/mol. The molecule has 1 atom stereocenters. The molecule has 2 aliphatic heterocycles. The van der Waals surface area contributed by atoms with Crippen molar-refractivity contribution in [3.8, 4) is 0 Å². The second-order valence-corrected chi connectivity index (χ2v) is 5.31. The van der Waals surface area contributed by atoms with Crippen molar-refractivity contribution >= 4 is 17.8 Å². The molecule has 2 amide bonds. The molecule has 0 aromatic heterocycles. The number of likely N-dealkylation sites (tertiary alicyclic amines) is 2. The molecule has 0 spiro atoms. The molecule has 2 rings (SSSR count). The largest absolute Gasteiger partial charge is 0.481 e. The fourth-order valence-electron chi connectivity index (χ4n) is 2.58. The Hall–Kier alpha value is -1.63. The van der Waals surface area contributed by atoms with Crippen molar-refractivity contribution in [3.05, 3.63) is 0 Å². The number of piperidine rings is 1. The van der Waals surface area contributed by atoms with Crippen LogP contribution in [0.3, 0.4) is 0 Å². The highest BCUT2D eigenvalue weighted by atomic mass is 16.4. The van der Waals surface area contributed by atoms with Gasteiger partial charge in [0.25, 0.3) is 0 Å². The summed E-state index contributed by atoms with van der Waals surface area (Å²) in [6.07, 6.45) is 1.53.